The molecule has 1 aromatic carbocycles. The van der Waals surface area contributed by atoms with Gasteiger partial charge < -0.3 is 5.32 Å². The van der Waals surface area contributed by atoms with Crippen molar-refractivity contribution in [2.75, 3.05) is 0 Å². The average molecular weight is 377 g/mol. The maximum atomic E-state index is 12.7. The second-order valence-corrected chi connectivity index (χ2v) is 8.28. The summed E-state index contributed by atoms with van der Waals surface area (Å²) in [4.78, 5) is 16.5. The topological polar surface area (TPSA) is 106 Å². The molecular formula is C17H23N5O3S. The minimum Gasteiger partial charge on any atom is -0.349 e. The summed E-state index contributed by atoms with van der Waals surface area (Å²) in [7, 11) is -2.10. The highest BCUT2D eigenvalue weighted by Crippen LogP contribution is 2.19. The number of nitrogens with zero attached hydrogens (tertiary/aromatic N) is 3. The van der Waals surface area contributed by atoms with Crippen LogP contribution in [0.25, 0.3) is 0 Å². The van der Waals surface area contributed by atoms with Gasteiger partial charge in [0, 0.05) is 18.7 Å². The lowest BCUT2D eigenvalue weighted by Gasteiger charge is -2.15. The molecule has 0 saturated heterocycles. The molecule has 1 atom stereocenters. The highest BCUT2D eigenvalue weighted by molar-refractivity contribution is 7.89. The van der Waals surface area contributed by atoms with Gasteiger partial charge in [0.25, 0.3) is 5.91 Å². The lowest BCUT2D eigenvalue weighted by atomic mass is 10.2. The van der Waals surface area contributed by atoms with Crippen LogP contribution in [0, 0.1) is 0 Å². The number of sulfonamides is 1. The Balaban J connectivity index is 1.75. The van der Waals surface area contributed by atoms with Crippen LogP contribution in [0.15, 0.2) is 35.5 Å². The minimum atomic E-state index is -3.80. The summed E-state index contributed by atoms with van der Waals surface area (Å²) in [6, 6.07) is 5.69. The Labute approximate surface area is 153 Å². The predicted octanol–water partition coefficient (Wildman–Crippen LogP) is 1.53. The zero-order chi connectivity index (χ0) is 18.7. The van der Waals surface area contributed by atoms with Crippen molar-refractivity contribution in [1.82, 2.24) is 24.8 Å². The van der Waals surface area contributed by atoms with Crippen molar-refractivity contribution < 1.29 is 13.2 Å². The van der Waals surface area contributed by atoms with Crippen LogP contribution in [0.4, 0.5) is 0 Å². The third-order valence-electron chi connectivity index (χ3n) is 4.56. The molecule has 2 aromatic rings. The molecule has 1 amide bonds. The molecule has 1 fully saturated rings. The quantitative estimate of drug-likeness (QED) is 0.794. The van der Waals surface area contributed by atoms with Crippen LogP contribution >= 0.6 is 0 Å². The van der Waals surface area contributed by atoms with Crippen molar-refractivity contribution in [3.8, 4) is 0 Å². The monoisotopic (exact) mass is 377 g/mol. The van der Waals surface area contributed by atoms with E-state index in [1.165, 1.54) is 23.1 Å². The Bertz CT molecular complexity index is 887. The minimum absolute atomic E-state index is 0.0468. The summed E-state index contributed by atoms with van der Waals surface area (Å²) >= 11 is 0. The number of hydrogen-bond acceptors (Lipinski definition) is 5. The number of nitrogens with one attached hydrogen (secondary N) is 2. The first kappa shape index (κ1) is 18.5. The average Bonchev–Trinajstić information content (AvgIpc) is 3.26. The predicted molar refractivity (Wildman–Crippen MR) is 95.9 cm³/mol. The van der Waals surface area contributed by atoms with E-state index in [2.05, 4.69) is 20.1 Å². The second-order valence-electron chi connectivity index (χ2n) is 6.57. The van der Waals surface area contributed by atoms with Crippen LogP contribution < -0.4 is 10.0 Å². The van der Waals surface area contributed by atoms with Gasteiger partial charge in [0.05, 0.1) is 10.9 Å². The third-order valence-corrected chi connectivity index (χ3v) is 6.10. The fourth-order valence-corrected chi connectivity index (χ4v) is 4.44. The maximum absolute atomic E-state index is 12.7. The van der Waals surface area contributed by atoms with Crippen LogP contribution in [0.1, 0.15) is 54.8 Å². The van der Waals surface area contributed by atoms with Gasteiger partial charge in [-0.3, -0.25) is 9.48 Å². The zero-order valence-electron chi connectivity index (χ0n) is 14.8. The molecule has 1 aliphatic rings. The molecule has 9 heteroatoms. The summed E-state index contributed by atoms with van der Waals surface area (Å²) in [6.45, 7) is 1.69. The van der Waals surface area contributed by atoms with Crippen LogP contribution in [0.3, 0.4) is 0 Å². The molecule has 140 valence electrons. The standard InChI is InChI=1S/C17H23N5O3S/c1-12(16-18-11-19-22(16)2)21-26(24,25)15-9-5-6-13(10-15)17(23)20-14-7-3-4-8-14/h5-6,9-12,14,21H,3-4,7-8H2,1-2H3,(H,20,23). The van der Waals surface area contributed by atoms with Gasteiger partial charge in [-0.05, 0) is 38.0 Å². The summed E-state index contributed by atoms with van der Waals surface area (Å²) in [5, 5.41) is 6.91. The van der Waals surface area contributed by atoms with Gasteiger partial charge in [0.2, 0.25) is 10.0 Å². The molecule has 0 bridgehead atoms. The molecule has 0 aliphatic heterocycles. The summed E-state index contributed by atoms with van der Waals surface area (Å²) in [5.74, 6) is 0.263. The van der Waals surface area contributed by atoms with E-state index in [1.807, 2.05) is 0 Å². The number of rotatable bonds is 6. The van der Waals surface area contributed by atoms with Gasteiger partial charge in [0.1, 0.15) is 12.2 Å². The van der Waals surface area contributed by atoms with E-state index < -0.39 is 16.1 Å². The maximum Gasteiger partial charge on any atom is 0.251 e. The number of aryl methyl sites for hydroxylation is 1. The second kappa shape index (κ2) is 7.55. The van der Waals surface area contributed by atoms with E-state index in [4.69, 9.17) is 0 Å². The van der Waals surface area contributed by atoms with E-state index in [0.29, 0.717) is 11.4 Å². The first-order chi connectivity index (χ1) is 12.4. The number of amides is 1. The molecule has 0 radical (unpaired) electrons. The zero-order valence-corrected chi connectivity index (χ0v) is 15.7. The Morgan fingerprint density at radius 3 is 2.69 bits per heavy atom. The third kappa shape index (κ3) is 4.10. The first-order valence-electron chi connectivity index (χ1n) is 8.64. The van der Waals surface area contributed by atoms with E-state index in [9.17, 15) is 13.2 Å². The number of benzene rings is 1. The van der Waals surface area contributed by atoms with Gasteiger partial charge >= 0.3 is 0 Å². The highest BCUT2D eigenvalue weighted by Gasteiger charge is 2.23. The molecular weight excluding hydrogens is 354 g/mol. The molecule has 26 heavy (non-hydrogen) atoms. The van der Waals surface area contributed by atoms with Gasteiger partial charge in [0.15, 0.2) is 0 Å². The highest BCUT2D eigenvalue weighted by atomic mass is 32.2. The molecule has 0 spiro atoms. The van der Waals surface area contributed by atoms with Gasteiger partial charge in [-0.1, -0.05) is 18.9 Å². The first-order valence-corrected chi connectivity index (χ1v) is 10.1. The lowest BCUT2D eigenvalue weighted by Crippen LogP contribution is -2.33. The number of carbonyl (C=O) groups excluding carboxylic acids is 1. The van der Waals surface area contributed by atoms with Gasteiger partial charge in [-0.15, -0.1) is 0 Å². The van der Waals surface area contributed by atoms with E-state index in [-0.39, 0.29) is 16.8 Å². The van der Waals surface area contributed by atoms with Crippen LogP contribution in [-0.4, -0.2) is 35.1 Å². The van der Waals surface area contributed by atoms with Crippen LogP contribution in [0.2, 0.25) is 0 Å². The molecule has 8 nitrogen and oxygen atoms in total. The largest absolute Gasteiger partial charge is 0.349 e. The molecule has 1 aliphatic carbocycles. The summed E-state index contributed by atoms with van der Waals surface area (Å²) in [5.41, 5.74) is 0.339. The van der Waals surface area contributed by atoms with Crippen molar-refractivity contribution >= 4 is 15.9 Å². The fraction of sp³-hybridized carbons (Fsp3) is 0.471. The Morgan fingerprint density at radius 2 is 2.04 bits per heavy atom. The number of aromatic nitrogens is 3. The van der Waals surface area contributed by atoms with E-state index >= 15 is 0 Å². The Kier molecular flexibility index (Phi) is 5.38. The smallest absolute Gasteiger partial charge is 0.251 e. The van der Waals surface area contributed by atoms with E-state index in [0.717, 1.165) is 25.7 Å². The Hall–Kier alpha value is -2.26. The molecule has 1 heterocycles. The summed E-state index contributed by atoms with van der Waals surface area (Å²) in [6.07, 6.45) is 5.54. The van der Waals surface area contributed by atoms with Crippen molar-refractivity contribution in [1.29, 1.82) is 0 Å². The van der Waals surface area contributed by atoms with Crippen molar-refractivity contribution in [3.05, 3.63) is 42.0 Å². The molecule has 3 rings (SSSR count). The van der Waals surface area contributed by atoms with Crippen molar-refractivity contribution in [2.45, 2.75) is 49.6 Å². The lowest BCUT2D eigenvalue weighted by molar-refractivity contribution is 0.0937. The molecule has 1 aromatic heterocycles. The normalized spacial score (nSPS) is 16.5. The molecule has 2 N–H and O–H groups in total. The number of carbonyl (C=O) groups is 1. The van der Waals surface area contributed by atoms with Gasteiger partial charge in [-0.2, -0.15) is 5.10 Å². The van der Waals surface area contributed by atoms with E-state index in [1.54, 1.807) is 26.1 Å². The molecule has 1 saturated carbocycles. The van der Waals surface area contributed by atoms with Crippen LogP contribution in [0.5, 0.6) is 0 Å². The number of hydrogen-bond donors (Lipinski definition) is 2. The van der Waals surface area contributed by atoms with Gasteiger partial charge in [-0.25, -0.2) is 18.1 Å². The van der Waals surface area contributed by atoms with Crippen LogP contribution in [-0.2, 0) is 17.1 Å². The summed E-state index contributed by atoms with van der Waals surface area (Å²) < 4.78 is 29.4. The van der Waals surface area contributed by atoms with Crippen molar-refractivity contribution in [2.24, 2.45) is 7.05 Å². The molecule has 1 unspecified atom stereocenters. The Morgan fingerprint density at radius 1 is 1.31 bits per heavy atom. The van der Waals surface area contributed by atoms with Crippen molar-refractivity contribution in [3.63, 3.8) is 0 Å². The SMILES string of the molecule is CC(NS(=O)(=O)c1cccc(C(=O)NC2CCCC2)c1)c1ncnn1C. The fourth-order valence-electron chi connectivity index (χ4n) is 3.19.